The summed E-state index contributed by atoms with van der Waals surface area (Å²) in [6.45, 7) is 0.341. The van der Waals surface area contributed by atoms with Crippen molar-refractivity contribution in [1.82, 2.24) is 15.1 Å². The highest BCUT2D eigenvalue weighted by atomic mass is 32.2. The number of fused-ring (bicyclic) bond motifs is 1. The third-order valence-corrected chi connectivity index (χ3v) is 5.54. The van der Waals surface area contributed by atoms with Gasteiger partial charge >= 0.3 is 0 Å². The van der Waals surface area contributed by atoms with Crippen molar-refractivity contribution in [2.75, 3.05) is 26.5 Å². The van der Waals surface area contributed by atoms with Gasteiger partial charge in [0.1, 0.15) is 11.5 Å². The lowest BCUT2D eigenvalue weighted by atomic mass is 10.1. The predicted molar refractivity (Wildman–Crippen MR) is 110 cm³/mol. The lowest BCUT2D eigenvalue weighted by Gasteiger charge is -2.12. The standard InChI is InChI=1S/C21H19N3O5S/c1-27-14-10-13(11-15(12-14)28-2)18-22-23-21(29-18)30-9-5-8-24-19(25)16-6-3-4-7-17(16)20(24)26/h3-4,6-7,10-12H,5,8-9H2,1-2H3. The molecule has 0 unspecified atom stereocenters. The van der Waals surface area contributed by atoms with E-state index in [9.17, 15) is 9.59 Å². The number of thioether (sulfide) groups is 1. The number of benzene rings is 2. The molecular formula is C21H19N3O5S. The van der Waals surface area contributed by atoms with E-state index in [1.165, 1.54) is 16.7 Å². The monoisotopic (exact) mass is 425 g/mol. The van der Waals surface area contributed by atoms with Crippen LogP contribution in [0.3, 0.4) is 0 Å². The molecule has 4 rings (SSSR count). The summed E-state index contributed by atoms with van der Waals surface area (Å²) in [4.78, 5) is 26.0. The molecule has 2 aromatic carbocycles. The zero-order chi connectivity index (χ0) is 21.1. The minimum Gasteiger partial charge on any atom is -0.497 e. The van der Waals surface area contributed by atoms with Crippen molar-refractivity contribution < 1.29 is 23.5 Å². The molecule has 0 fully saturated rings. The van der Waals surface area contributed by atoms with Crippen molar-refractivity contribution in [2.45, 2.75) is 11.6 Å². The largest absolute Gasteiger partial charge is 0.497 e. The molecule has 0 bridgehead atoms. The Labute approximate surface area is 177 Å². The van der Waals surface area contributed by atoms with Gasteiger partial charge in [0.05, 0.1) is 25.3 Å². The molecule has 2 amide bonds. The Balaban J connectivity index is 1.34. The molecule has 1 aliphatic rings. The van der Waals surface area contributed by atoms with Crippen LogP contribution in [0.1, 0.15) is 27.1 Å². The number of hydrogen-bond acceptors (Lipinski definition) is 8. The number of nitrogens with zero attached hydrogens (tertiary/aromatic N) is 3. The summed E-state index contributed by atoms with van der Waals surface area (Å²) in [7, 11) is 3.14. The van der Waals surface area contributed by atoms with Crippen LogP contribution in [0.2, 0.25) is 0 Å². The fourth-order valence-corrected chi connectivity index (χ4v) is 3.82. The van der Waals surface area contributed by atoms with Crippen molar-refractivity contribution in [2.24, 2.45) is 0 Å². The fourth-order valence-electron chi connectivity index (χ4n) is 3.14. The van der Waals surface area contributed by atoms with Crippen LogP contribution in [-0.4, -0.2) is 53.4 Å². The van der Waals surface area contributed by atoms with E-state index < -0.39 is 0 Å². The van der Waals surface area contributed by atoms with Crippen LogP contribution in [0, 0.1) is 0 Å². The second kappa shape index (κ2) is 8.58. The van der Waals surface area contributed by atoms with E-state index in [0.29, 0.717) is 58.0 Å². The average Bonchev–Trinajstić information content (AvgIpc) is 3.35. The number of carbonyl (C=O) groups is 2. The Hall–Kier alpha value is -3.33. The molecular weight excluding hydrogens is 406 g/mol. The second-order valence-electron chi connectivity index (χ2n) is 6.48. The van der Waals surface area contributed by atoms with Gasteiger partial charge in [0.15, 0.2) is 0 Å². The molecule has 1 aliphatic heterocycles. The molecule has 0 saturated carbocycles. The number of amides is 2. The minimum absolute atomic E-state index is 0.243. The Bertz CT molecular complexity index is 1040. The van der Waals surface area contributed by atoms with Gasteiger partial charge in [-0.25, -0.2) is 0 Å². The highest BCUT2D eigenvalue weighted by Gasteiger charge is 2.34. The molecule has 1 aromatic heterocycles. The Morgan fingerprint density at radius 3 is 2.20 bits per heavy atom. The lowest BCUT2D eigenvalue weighted by molar-refractivity contribution is 0.0655. The van der Waals surface area contributed by atoms with Crippen LogP contribution in [-0.2, 0) is 0 Å². The summed E-state index contributed by atoms with van der Waals surface area (Å²) < 4.78 is 16.2. The van der Waals surface area contributed by atoms with Crippen LogP contribution < -0.4 is 9.47 Å². The smallest absolute Gasteiger partial charge is 0.276 e. The molecule has 0 atom stereocenters. The van der Waals surface area contributed by atoms with E-state index in [0.717, 1.165) is 0 Å². The molecule has 2 heterocycles. The first kappa shape index (κ1) is 20.0. The lowest BCUT2D eigenvalue weighted by Crippen LogP contribution is -2.30. The maximum Gasteiger partial charge on any atom is 0.276 e. The molecule has 0 N–H and O–H groups in total. The van der Waals surface area contributed by atoms with Gasteiger partial charge in [0.2, 0.25) is 5.89 Å². The topological polar surface area (TPSA) is 94.8 Å². The van der Waals surface area contributed by atoms with E-state index in [2.05, 4.69) is 10.2 Å². The average molecular weight is 425 g/mol. The molecule has 30 heavy (non-hydrogen) atoms. The van der Waals surface area contributed by atoms with Crippen molar-refractivity contribution in [3.63, 3.8) is 0 Å². The molecule has 9 heteroatoms. The summed E-state index contributed by atoms with van der Waals surface area (Å²) >= 11 is 1.37. The summed E-state index contributed by atoms with van der Waals surface area (Å²) in [5.74, 6) is 1.74. The quantitative estimate of drug-likeness (QED) is 0.307. The van der Waals surface area contributed by atoms with Crippen molar-refractivity contribution >= 4 is 23.6 Å². The maximum absolute atomic E-state index is 12.4. The van der Waals surface area contributed by atoms with Gasteiger partial charge in [0, 0.05) is 23.9 Å². The number of carbonyl (C=O) groups excluding carboxylic acids is 2. The van der Waals surface area contributed by atoms with E-state index in [-0.39, 0.29) is 11.8 Å². The number of hydrogen-bond donors (Lipinski definition) is 0. The van der Waals surface area contributed by atoms with Gasteiger partial charge in [0.25, 0.3) is 17.0 Å². The summed E-state index contributed by atoms with van der Waals surface area (Å²) in [5, 5.41) is 8.54. The predicted octanol–water partition coefficient (Wildman–Crippen LogP) is 3.53. The highest BCUT2D eigenvalue weighted by molar-refractivity contribution is 7.99. The molecule has 3 aromatic rings. The second-order valence-corrected chi connectivity index (χ2v) is 7.53. The number of imide groups is 1. The normalized spacial score (nSPS) is 12.9. The van der Waals surface area contributed by atoms with Crippen molar-refractivity contribution in [3.8, 4) is 23.0 Å². The first-order valence-electron chi connectivity index (χ1n) is 9.25. The van der Waals surface area contributed by atoms with E-state index >= 15 is 0 Å². The molecule has 0 aliphatic carbocycles. The zero-order valence-electron chi connectivity index (χ0n) is 16.5. The van der Waals surface area contributed by atoms with Crippen molar-refractivity contribution in [1.29, 1.82) is 0 Å². The van der Waals surface area contributed by atoms with Gasteiger partial charge < -0.3 is 13.9 Å². The number of methoxy groups -OCH3 is 2. The van der Waals surface area contributed by atoms with Crippen LogP contribution in [0.5, 0.6) is 11.5 Å². The maximum atomic E-state index is 12.4. The fraction of sp³-hybridized carbons (Fsp3) is 0.238. The summed E-state index contributed by atoms with van der Waals surface area (Å²) in [6, 6.07) is 12.2. The molecule has 8 nitrogen and oxygen atoms in total. The summed E-state index contributed by atoms with van der Waals surface area (Å²) in [5.41, 5.74) is 1.62. The van der Waals surface area contributed by atoms with Gasteiger partial charge in [-0.3, -0.25) is 14.5 Å². The molecule has 0 radical (unpaired) electrons. The minimum atomic E-state index is -0.243. The third-order valence-electron chi connectivity index (χ3n) is 4.63. The van der Waals surface area contributed by atoms with Gasteiger partial charge in [-0.15, -0.1) is 10.2 Å². The number of ether oxygens (including phenoxy) is 2. The Morgan fingerprint density at radius 2 is 1.60 bits per heavy atom. The molecule has 0 saturated heterocycles. The van der Waals surface area contributed by atoms with Crippen LogP contribution in [0.15, 0.2) is 52.1 Å². The van der Waals surface area contributed by atoms with Gasteiger partial charge in [-0.05, 0) is 30.7 Å². The summed E-state index contributed by atoms with van der Waals surface area (Å²) in [6.07, 6.45) is 0.612. The van der Waals surface area contributed by atoms with Gasteiger partial charge in [-0.1, -0.05) is 23.9 Å². The Morgan fingerprint density at radius 1 is 0.967 bits per heavy atom. The molecule has 0 spiro atoms. The van der Waals surface area contributed by atoms with E-state index in [1.807, 2.05) is 0 Å². The SMILES string of the molecule is COc1cc(OC)cc(-c2nnc(SCCCN3C(=O)c4ccccc4C3=O)o2)c1. The first-order chi connectivity index (χ1) is 14.6. The van der Waals surface area contributed by atoms with Crippen LogP contribution in [0.4, 0.5) is 0 Å². The highest BCUT2D eigenvalue weighted by Crippen LogP contribution is 2.31. The Kier molecular flexibility index (Phi) is 5.71. The van der Waals surface area contributed by atoms with Gasteiger partial charge in [-0.2, -0.15) is 0 Å². The number of aromatic nitrogens is 2. The van der Waals surface area contributed by atoms with Crippen LogP contribution >= 0.6 is 11.8 Å². The van der Waals surface area contributed by atoms with Crippen LogP contribution in [0.25, 0.3) is 11.5 Å². The third kappa shape index (κ3) is 3.88. The van der Waals surface area contributed by atoms with E-state index in [1.54, 1.807) is 56.7 Å². The van der Waals surface area contributed by atoms with Crippen molar-refractivity contribution in [3.05, 3.63) is 53.6 Å². The van der Waals surface area contributed by atoms with E-state index in [4.69, 9.17) is 13.9 Å². The molecule has 154 valence electrons. The zero-order valence-corrected chi connectivity index (χ0v) is 17.3. The number of rotatable bonds is 8. The first-order valence-corrected chi connectivity index (χ1v) is 10.2.